The van der Waals surface area contributed by atoms with Crippen LogP contribution in [0.2, 0.25) is 0 Å². The lowest BCUT2D eigenvalue weighted by atomic mass is 9.85. The zero-order valence-electron chi connectivity index (χ0n) is 13.2. The smallest absolute Gasteiger partial charge is 0.0217 e. The van der Waals surface area contributed by atoms with Gasteiger partial charge in [0.2, 0.25) is 0 Å². The first kappa shape index (κ1) is 14.2. The third kappa shape index (κ3) is 2.80. The lowest BCUT2D eigenvalue weighted by Crippen LogP contribution is -2.20. The maximum Gasteiger partial charge on any atom is 0.0217 e. The van der Waals surface area contributed by atoms with Crippen LogP contribution in [0, 0.1) is 0 Å². The summed E-state index contributed by atoms with van der Waals surface area (Å²) in [6.07, 6.45) is 1.09. The van der Waals surface area contributed by atoms with Crippen molar-refractivity contribution < 1.29 is 0 Å². The average molecular weight is 299 g/mol. The van der Waals surface area contributed by atoms with Crippen molar-refractivity contribution in [3.05, 3.63) is 95.6 Å². The van der Waals surface area contributed by atoms with Gasteiger partial charge in [0.25, 0.3) is 0 Å². The molecule has 0 aliphatic carbocycles. The molecule has 1 aliphatic heterocycles. The summed E-state index contributed by atoms with van der Waals surface area (Å²) in [4.78, 5) is 0. The van der Waals surface area contributed by atoms with E-state index in [2.05, 4.69) is 84.2 Å². The van der Waals surface area contributed by atoms with Crippen molar-refractivity contribution in [3.63, 3.8) is 0 Å². The predicted octanol–water partition coefficient (Wildman–Crippen LogP) is 4.63. The molecule has 0 saturated carbocycles. The van der Waals surface area contributed by atoms with Crippen LogP contribution in [0.4, 0.5) is 0 Å². The average Bonchev–Trinajstić information content (AvgIpc) is 2.85. The Morgan fingerprint density at radius 1 is 0.739 bits per heavy atom. The standard InChI is InChI=1S/C22H21N/c1-3-8-17(9-4-1)19-12-7-13-20-21(19)14-15-23-16-22(20)18-10-5-2-6-11-18/h1-13,22-23H,14-16H2. The number of rotatable bonds is 2. The van der Waals surface area contributed by atoms with Gasteiger partial charge in [0.1, 0.15) is 0 Å². The summed E-state index contributed by atoms with van der Waals surface area (Å²) < 4.78 is 0. The van der Waals surface area contributed by atoms with Crippen LogP contribution in [0.3, 0.4) is 0 Å². The molecule has 3 aromatic carbocycles. The molecule has 0 saturated heterocycles. The van der Waals surface area contributed by atoms with Gasteiger partial charge in [0.15, 0.2) is 0 Å². The van der Waals surface area contributed by atoms with Gasteiger partial charge in [-0.15, -0.1) is 0 Å². The van der Waals surface area contributed by atoms with Gasteiger partial charge in [-0.25, -0.2) is 0 Å². The Kier molecular flexibility index (Phi) is 3.95. The fraction of sp³-hybridized carbons (Fsp3) is 0.182. The van der Waals surface area contributed by atoms with Gasteiger partial charge in [0, 0.05) is 12.5 Å². The molecule has 1 aliphatic rings. The van der Waals surface area contributed by atoms with E-state index >= 15 is 0 Å². The molecule has 0 aromatic heterocycles. The van der Waals surface area contributed by atoms with Gasteiger partial charge < -0.3 is 5.32 Å². The molecule has 0 amide bonds. The maximum absolute atomic E-state index is 3.62. The van der Waals surface area contributed by atoms with Crippen LogP contribution in [0.25, 0.3) is 11.1 Å². The van der Waals surface area contributed by atoms with Crippen molar-refractivity contribution in [3.8, 4) is 11.1 Å². The molecular weight excluding hydrogens is 278 g/mol. The summed E-state index contributed by atoms with van der Waals surface area (Å²) in [7, 11) is 0. The molecule has 0 radical (unpaired) electrons. The van der Waals surface area contributed by atoms with Crippen LogP contribution in [0.5, 0.6) is 0 Å². The summed E-state index contributed by atoms with van der Waals surface area (Å²) in [5.74, 6) is 0.428. The van der Waals surface area contributed by atoms with Crippen LogP contribution in [-0.4, -0.2) is 13.1 Å². The highest BCUT2D eigenvalue weighted by atomic mass is 14.9. The van der Waals surface area contributed by atoms with Gasteiger partial charge in [-0.3, -0.25) is 0 Å². The van der Waals surface area contributed by atoms with Crippen molar-refractivity contribution in [2.75, 3.05) is 13.1 Å². The van der Waals surface area contributed by atoms with Gasteiger partial charge in [-0.2, -0.15) is 0 Å². The summed E-state index contributed by atoms with van der Waals surface area (Å²) in [6, 6.07) is 28.4. The molecule has 1 nitrogen and oxygen atoms in total. The third-order valence-electron chi connectivity index (χ3n) is 4.77. The zero-order chi connectivity index (χ0) is 15.5. The fourth-order valence-corrected chi connectivity index (χ4v) is 3.65. The van der Waals surface area contributed by atoms with Crippen LogP contribution >= 0.6 is 0 Å². The molecule has 114 valence electrons. The Balaban J connectivity index is 1.86. The third-order valence-corrected chi connectivity index (χ3v) is 4.77. The Hall–Kier alpha value is -2.38. The van der Waals surface area contributed by atoms with Crippen molar-refractivity contribution >= 4 is 0 Å². The molecule has 0 fully saturated rings. The fourth-order valence-electron chi connectivity index (χ4n) is 3.65. The van der Waals surface area contributed by atoms with Crippen molar-refractivity contribution in [1.82, 2.24) is 5.32 Å². The minimum atomic E-state index is 0.428. The van der Waals surface area contributed by atoms with E-state index in [9.17, 15) is 0 Å². The minimum Gasteiger partial charge on any atom is -0.315 e. The second-order valence-electron chi connectivity index (χ2n) is 6.16. The van der Waals surface area contributed by atoms with Gasteiger partial charge in [0.05, 0.1) is 0 Å². The van der Waals surface area contributed by atoms with E-state index in [4.69, 9.17) is 0 Å². The van der Waals surface area contributed by atoms with Crippen LogP contribution in [0.15, 0.2) is 78.9 Å². The molecule has 4 rings (SSSR count). The maximum atomic E-state index is 3.62. The topological polar surface area (TPSA) is 12.0 Å². The van der Waals surface area contributed by atoms with Gasteiger partial charge in [-0.05, 0) is 40.8 Å². The van der Waals surface area contributed by atoms with E-state index in [1.165, 1.54) is 27.8 Å². The SMILES string of the molecule is c1ccc(-c2cccc3c2CCNCC3c2ccccc2)cc1. The zero-order valence-corrected chi connectivity index (χ0v) is 13.2. The summed E-state index contributed by atoms with van der Waals surface area (Å²) in [5.41, 5.74) is 7.07. The van der Waals surface area contributed by atoms with Gasteiger partial charge in [-0.1, -0.05) is 78.9 Å². The van der Waals surface area contributed by atoms with Crippen LogP contribution in [-0.2, 0) is 6.42 Å². The van der Waals surface area contributed by atoms with E-state index < -0.39 is 0 Å². The second-order valence-corrected chi connectivity index (χ2v) is 6.16. The minimum absolute atomic E-state index is 0.428. The largest absolute Gasteiger partial charge is 0.315 e. The predicted molar refractivity (Wildman–Crippen MR) is 96.7 cm³/mol. The normalized spacial score (nSPS) is 17.3. The second kappa shape index (κ2) is 6.39. The van der Waals surface area contributed by atoms with Crippen molar-refractivity contribution in [1.29, 1.82) is 0 Å². The molecule has 0 spiro atoms. The van der Waals surface area contributed by atoms with E-state index in [0.717, 1.165) is 19.5 Å². The monoisotopic (exact) mass is 299 g/mol. The lowest BCUT2D eigenvalue weighted by Gasteiger charge is -2.20. The molecular formula is C22H21N. The van der Waals surface area contributed by atoms with E-state index in [-0.39, 0.29) is 0 Å². The molecule has 3 aromatic rings. The lowest BCUT2D eigenvalue weighted by molar-refractivity contribution is 0.665. The van der Waals surface area contributed by atoms with Gasteiger partial charge >= 0.3 is 0 Å². The van der Waals surface area contributed by atoms with E-state index in [1.807, 2.05) is 0 Å². The first-order valence-electron chi connectivity index (χ1n) is 8.36. The van der Waals surface area contributed by atoms with E-state index in [1.54, 1.807) is 0 Å². The first-order valence-corrected chi connectivity index (χ1v) is 8.36. The van der Waals surface area contributed by atoms with E-state index in [0.29, 0.717) is 5.92 Å². The number of nitrogens with one attached hydrogen (secondary N) is 1. The summed E-state index contributed by atoms with van der Waals surface area (Å²) in [6.45, 7) is 2.05. The highest BCUT2D eigenvalue weighted by molar-refractivity contribution is 5.69. The molecule has 1 atom stereocenters. The highest BCUT2D eigenvalue weighted by Crippen LogP contribution is 2.34. The first-order chi connectivity index (χ1) is 11.4. The quantitative estimate of drug-likeness (QED) is 0.727. The Bertz CT molecular complexity index is 778. The highest BCUT2D eigenvalue weighted by Gasteiger charge is 2.22. The molecule has 1 heteroatoms. The molecule has 1 N–H and O–H groups in total. The summed E-state index contributed by atoms with van der Waals surface area (Å²) in [5, 5.41) is 3.62. The number of hydrogen-bond donors (Lipinski definition) is 1. The summed E-state index contributed by atoms with van der Waals surface area (Å²) >= 11 is 0. The molecule has 23 heavy (non-hydrogen) atoms. The Labute approximate surface area is 138 Å². The number of hydrogen-bond acceptors (Lipinski definition) is 1. The van der Waals surface area contributed by atoms with Crippen LogP contribution < -0.4 is 5.32 Å². The number of fused-ring (bicyclic) bond motifs is 1. The number of benzene rings is 3. The van der Waals surface area contributed by atoms with Crippen molar-refractivity contribution in [2.45, 2.75) is 12.3 Å². The molecule has 0 bridgehead atoms. The molecule has 1 heterocycles. The van der Waals surface area contributed by atoms with Crippen molar-refractivity contribution in [2.24, 2.45) is 0 Å². The Morgan fingerprint density at radius 2 is 1.48 bits per heavy atom. The Morgan fingerprint density at radius 3 is 2.26 bits per heavy atom. The molecule has 1 unspecified atom stereocenters. The van der Waals surface area contributed by atoms with Crippen LogP contribution in [0.1, 0.15) is 22.6 Å².